The molecule has 32 heavy (non-hydrogen) atoms. The number of benzene rings is 2. The second kappa shape index (κ2) is 8.96. The third-order valence-electron chi connectivity index (χ3n) is 5.45. The van der Waals surface area contributed by atoms with Gasteiger partial charge < -0.3 is 5.32 Å². The van der Waals surface area contributed by atoms with Crippen LogP contribution in [0.1, 0.15) is 33.9 Å². The molecule has 2 aromatic heterocycles. The fraction of sp³-hybridized carbons (Fsp3) is 0.160. The molecule has 3 heterocycles. The van der Waals surface area contributed by atoms with Gasteiger partial charge in [-0.05, 0) is 47.9 Å². The molecule has 0 bridgehead atoms. The van der Waals surface area contributed by atoms with E-state index in [1.807, 2.05) is 42.5 Å². The summed E-state index contributed by atoms with van der Waals surface area (Å²) in [6.07, 6.45) is 5.91. The maximum atomic E-state index is 13.9. The third kappa shape index (κ3) is 4.29. The number of hydrogen-bond donors (Lipinski definition) is 1. The Labute approximate surface area is 189 Å². The van der Waals surface area contributed by atoms with Gasteiger partial charge in [0.1, 0.15) is 11.5 Å². The molecule has 160 valence electrons. The van der Waals surface area contributed by atoms with E-state index in [4.69, 9.17) is 5.10 Å². The van der Waals surface area contributed by atoms with Gasteiger partial charge >= 0.3 is 0 Å². The van der Waals surface area contributed by atoms with Crippen molar-refractivity contribution in [2.75, 3.05) is 5.75 Å². The predicted molar refractivity (Wildman–Crippen MR) is 123 cm³/mol. The Morgan fingerprint density at radius 2 is 2.03 bits per heavy atom. The van der Waals surface area contributed by atoms with Gasteiger partial charge in [-0.25, -0.2) is 4.39 Å². The number of amides is 1. The number of nitrogens with zero attached hydrogens (tertiary/aromatic N) is 3. The van der Waals surface area contributed by atoms with Gasteiger partial charge in [0, 0.05) is 34.8 Å². The highest BCUT2D eigenvalue weighted by atomic mass is 32.2. The third-order valence-corrected chi connectivity index (χ3v) is 6.57. The quantitative estimate of drug-likeness (QED) is 0.465. The van der Waals surface area contributed by atoms with Crippen molar-refractivity contribution >= 4 is 17.7 Å². The summed E-state index contributed by atoms with van der Waals surface area (Å²) in [6.45, 7) is 0.551. The molecular formula is C25H21FN4OS. The molecule has 1 aliphatic rings. The summed E-state index contributed by atoms with van der Waals surface area (Å²) in [4.78, 5) is 18.6. The van der Waals surface area contributed by atoms with Crippen molar-refractivity contribution in [2.24, 2.45) is 0 Å². The van der Waals surface area contributed by atoms with E-state index in [2.05, 4.69) is 10.3 Å². The number of nitrogens with one attached hydrogen (secondary N) is 1. The fourth-order valence-electron chi connectivity index (χ4n) is 3.91. The van der Waals surface area contributed by atoms with Crippen LogP contribution >= 0.6 is 11.8 Å². The molecule has 1 atom stereocenters. The number of carbonyl (C=O) groups is 1. The van der Waals surface area contributed by atoms with E-state index in [-0.39, 0.29) is 17.8 Å². The lowest BCUT2D eigenvalue weighted by Gasteiger charge is -2.26. The predicted octanol–water partition coefficient (Wildman–Crippen LogP) is 5.10. The summed E-state index contributed by atoms with van der Waals surface area (Å²) in [5.74, 6) is 0.347. The number of carbonyl (C=O) groups excluding carboxylic acids is 1. The van der Waals surface area contributed by atoms with Crippen molar-refractivity contribution in [1.29, 1.82) is 0 Å². The van der Waals surface area contributed by atoms with Crippen LogP contribution in [0.5, 0.6) is 0 Å². The smallest absolute Gasteiger partial charge is 0.255 e. The van der Waals surface area contributed by atoms with E-state index < -0.39 is 0 Å². The molecule has 0 unspecified atom stereocenters. The Morgan fingerprint density at radius 3 is 2.84 bits per heavy atom. The molecule has 7 heteroatoms. The van der Waals surface area contributed by atoms with Crippen molar-refractivity contribution < 1.29 is 9.18 Å². The lowest BCUT2D eigenvalue weighted by molar-refractivity contribution is 0.0935. The topological polar surface area (TPSA) is 59.8 Å². The van der Waals surface area contributed by atoms with Crippen molar-refractivity contribution in [2.45, 2.75) is 23.9 Å². The average molecular weight is 445 g/mol. The van der Waals surface area contributed by atoms with E-state index in [1.54, 1.807) is 41.1 Å². The zero-order valence-electron chi connectivity index (χ0n) is 17.2. The molecule has 1 amide bonds. The SMILES string of the molecule is O=C(N[C@@H]1CCSc2ccc(F)cc21)c1cn(Cc2ccccc2)nc1-c1cccnc1. The van der Waals surface area contributed by atoms with Gasteiger partial charge in [0.15, 0.2) is 0 Å². The highest BCUT2D eigenvalue weighted by Crippen LogP contribution is 2.37. The average Bonchev–Trinajstić information content (AvgIpc) is 3.25. The fourth-order valence-corrected chi connectivity index (χ4v) is 5.01. The largest absolute Gasteiger partial charge is 0.345 e. The monoisotopic (exact) mass is 444 g/mol. The van der Waals surface area contributed by atoms with Crippen molar-refractivity contribution in [1.82, 2.24) is 20.1 Å². The summed E-state index contributed by atoms with van der Waals surface area (Å²) >= 11 is 1.69. The van der Waals surface area contributed by atoms with Crippen LogP contribution in [0.4, 0.5) is 4.39 Å². The maximum absolute atomic E-state index is 13.9. The molecule has 5 rings (SSSR count). The number of aromatic nitrogens is 3. The van der Waals surface area contributed by atoms with Crippen LogP contribution in [0.15, 0.2) is 84.1 Å². The molecule has 1 N–H and O–H groups in total. The Kier molecular flexibility index (Phi) is 5.73. The van der Waals surface area contributed by atoms with Crippen LogP contribution in [0.3, 0.4) is 0 Å². The summed E-state index contributed by atoms with van der Waals surface area (Å²) in [7, 11) is 0. The Hall–Kier alpha value is -3.45. The van der Waals surface area contributed by atoms with Gasteiger partial charge in [0.05, 0.1) is 18.2 Å². The standard InChI is InChI=1S/C25H21FN4OS/c26-19-8-9-23-20(13-19)22(10-12-32-23)28-25(31)21-16-30(15-17-5-2-1-3-6-17)29-24(21)18-7-4-11-27-14-18/h1-9,11,13-14,16,22H,10,12,15H2,(H,28,31)/t22-/m1/s1. The van der Waals surface area contributed by atoms with Gasteiger partial charge in [0.25, 0.3) is 5.91 Å². The summed E-state index contributed by atoms with van der Waals surface area (Å²) in [6, 6.07) is 18.2. The van der Waals surface area contributed by atoms with Crippen LogP contribution in [0, 0.1) is 5.82 Å². The van der Waals surface area contributed by atoms with Crippen LogP contribution in [0.25, 0.3) is 11.3 Å². The molecule has 4 aromatic rings. The summed E-state index contributed by atoms with van der Waals surface area (Å²) in [5.41, 5.74) is 3.75. The Bertz CT molecular complexity index is 1240. The normalized spacial score (nSPS) is 15.2. The van der Waals surface area contributed by atoms with Crippen molar-refractivity contribution in [3.63, 3.8) is 0 Å². The van der Waals surface area contributed by atoms with Crippen LogP contribution in [-0.4, -0.2) is 26.4 Å². The van der Waals surface area contributed by atoms with E-state index in [9.17, 15) is 9.18 Å². The number of hydrogen-bond acceptors (Lipinski definition) is 4. The summed E-state index contributed by atoms with van der Waals surface area (Å²) in [5, 5.41) is 7.81. The highest BCUT2D eigenvalue weighted by Gasteiger charge is 2.26. The minimum absolute atomic E-state index is 0.227. The highest BCUT2D eigenvalue weighted by molar-refractivity contribution is 7.99. The molecule has 0 spiro atoms. The van der Waals surface area contributed by atoms with Gasteiger partial charge in [-0.3, -0.25) is 14.5 Å². The zero-order chi connectivity index (χ0) is 21.9. The van der Waals surface area contributed by atoms with Crippen molar-refractivity contribution in [3.05, 3.63) is 102 Å². The molecule has 0 saturated carbocycles. The number of halogens is 1. The lowest BCUT2D eigenvalue weighted by Crippen LogP contribution is -2.30. The zero-order valence-corrected chi connectivity index (χ0v) is 18.1. The number of pyridine rings is 1. The molecular weight excluding hydrogens is 423 g/mol. The number of rotatable bonds is 5. The molecule has 0 radical (unpaired) electrons. The summed E-state index contributed by atoms with van der Waals surface area (Å²) < 4.78 is 15.7. The van der Waals surface area contributed by atoms with E-state index in [0.717, 1.165) is 33.8 Å². The molecule has 0 saturated heterocycles. The lowest BCUT2D eigenvalue weighted by atomic mass is 10.0. The first kappa shape index (κ1) is 20.5. The Morgan fingerprint density at radius 1 is 1.16 bits per heavy atom. The minimum Gasteiger partial charge on any atom is -0.345 e. The van der Waals surface area contributed by atoms with Crippen molar-refractivity contribution in [3.8, 4) is 11.3 Å². The molecule has 5 nitrogen and oxygen atoms in total. The molecule has 0 fully saturated rings. The number of thioether (sulfide) groups is 1. The van der Waals surface area contributed by atoms with E-state index in [1.165, 1.54) is 12.1 Å². The first-order valence-electron chi connectivity index (χ1n) is 10.4. The van der Waals surface area contributed by atoms with E-state index in [0.29, 0.717) is 17.8 Å². The molecule has 1 aliphatic heterocycles. The van der Waals surface area contributed by atoms with Crippen LogP contribution in [-0.2, 0) is 6.54 Å². The van der Waals surface area contributed by atoms with Crippen LogP contribution < -0.4 is 5.32 Å². The van der Waals surface area contributed by atoms with E-state index >= 15 is 0 Å². The molecule has 0 aliphatic carbocycles. The number of fused-ring (bicyclic) bond motifs is 1. The van der Waals surface area contributed by atoms with Gasteiger partial charge in [-0.2, -0.15) is 5.10 Å². The first-order valence-corrected chi connectivity index (χ1v) is 11.4. The maximum Gasteiger partial charge on any atom is 0.255 e. The minimum atomic E-state index is -0.294. The van der Waals surface area contributed by atoms with Gasteiger partial charge in [-0.1, -0.05) is 30.3 Å². The second-order valence-electron chi connectivity index (χ2n) is 7.66. The molecule has 2 aromatic carbocycles. The van der Waals surface area contributed by atoms with Gasteiger partial charge in [0.2, 0.25) is 0 Å². The second-order valence-corrected chi connectivity index (χ2v) is 8.80. The van der Waals surface area contributed by atoms with Gasteiger partial charge in [-0.15, -0.1) is 11.8 Å². The first-order chi connectivity index (χ1) is 15.7. The van der Waals surface area contributed by atoms with Crippen LogP contribution in [0.2, 0.25) is 0 Å². The Balaban J connectivity index is 1.47.